The number of amides is 1. The van der Waals surface area contributed by atoms with Crippen LogP contribution in [-0.4, -0.2) is 29.0 Å². The number of carbonyl (C=O) groups excluding carboxylic acids is 2. The summed E-state index contributed by atoms with van der Waals surface area (Å²) in [7, 11) is 0.941. The second-order valence-corrected chi connectivity index (χ2v) is 4.89. The number of methoxy groups -OCH3 is 1. The van der Waals surface area contributed by atoms with Gasteiger partial charge in [-0.15, -0.1) is 0 Å². The molecule has 2 aromatic rings. The predicted octanol–water partition coefficient (Wildman–Crippen LogP) is 2.35. The molecule has 2 rings (SSSR count). The number of aromatic nitrogens is 2. The largest absolute Gasteiger partial charge is 0.465 e. The Balaban J connectivity index is 2.18. The molecule has 0 unspecified atom stereocenters. The van der Waals surface area contributed by atoms with Crippen molar-refractivity contribution in [3.8, 4) is 0 Å². The number of alkyl halides is 3. The highest BCUT2D eigenvalue weighted by molar-refractivity contribution is 5.94. The maximum absolute atomic E-state index is 13.0. The molecule has 25 heavy (non-hydrogen) atoms. The molecular weight excluding hydrogens is 341 g/mol. The van der Waals surface area contributed by atoms with Gasteiger partial charge in [0, 0.05) is 11.8 Å². The van der Waals surface area contributed by atoms with Crippen LogP contribution in [0.1, 0.15) is 32.0 Å². The lowest BCUT2D eigenvalue weighted by molar-refractivity contribution is -0.141. The summed E-state index contributed by atoms with van der Waals surface area (Å²) in [6.07, 6.45) is -4.23. The van der Waals surface area contributed by atoms with Crippen molar-refractivity contribution in [2.24, 2.45) is 0 Å². The van der Waals surface area contributed by atoms with Crippen LogP contribution in [0.5, 0.6) is 0 Å². The van der Waals surface area contributed by atoms with E-state index in [0.717, 1.165) is 12.7 Å². The van der Waals surface area contributed by atoms with Crippen LogP contribution in [0.3, 0.4) is 0 Å². The number of hydrogen-bond donors (Lipinski definition) is 2. The van der Waals surface area contributed by atoms with Gasteiger partial charge in [0.05, 0.1) is 7.11 Å². The SMILES string of the molecule is COC(=O)c1cnc(NNC(=O)c2ccc(C)cc2)nc1C(F)(F)F. The highest BCUT2D eigenvalue weighted by atomic mass is 19.4. The molecule has 0 saturated carbocycles. The topological polar surface area (TPSA) is 93.2 Å². The molecule has 0 spiro atoms. The minimum atomic E-state index is -4.90. The highest BCUT2D eigenvalue weighted by Crippen LogP contribution is 2.31. The van der Waals surface area contributed by atoms with Crippen molar-refractivity contribution in [3.05, 3.63) is 52.8 Å². The van der Waals surface area contributed by atoms with Gasteiger partial charge in [-0.05, 0) is 19.1 Å². The van der Waals surface area contributed by atoms with Gasteiger partial charge in [-0.3, -0.25) is 15.6 Å². The van der Waals surface area contributed by atoms with Gasteiger partial charge in [0.25, 0.3) is 5.91 Å². The first-order chi connectivity index (χ1) is 11.7. The lowest BCUT2D eigenvalue weighted by atomic mass is 10.1. The Kier molecular flexibility index (Phi) is 5.20. The molecule has 1 aromatic heterocycles. The summed E-state index contributed by atoms with van der Waals surface area (Å²) >= 11 is 0. The first kappa shape index (κ1) is 18.2. The van der Waals surface area contributed by atoms with Gasteiger partial charge in [0.15, 0.2) is 5.69 Å². The van der Waals surface area contributed by atoms with E-state index in [-0.39, 0.29) is 0 Å². The standard InChI is InChI=1S/C15H13F3N4O3/c1-8-3-5-9(6-4-8)12(23)21-22-14-19-7-10(13(24)25-2)11(20-14)15(16,17)18/h3-7H,1-2H3,(H,21,23)(H,19,20,22). The van der Waals surface area contributed by atoms with Crippen LogP contribution in [0.15, 0.2) is 30.5 Å². The van der Waals surface area contributed by atoms with Crippen LogP contribution >= 0.6 is 0 Å². The second kappa shape index (κ2) is 7.16. The Labute approximate surface area is 140 Å². The van der Waals surface area contributed by atoms with E-state index in [1.165, 1.54) is 0 Å². The minimum Gasteiger partial charge on any atom is -0.465 e. The number of anilines is 1. The summed E-state index contributed by atoms with van der Waals surface area (Å²) in [4.78, 5) is 30.1. The van der Waals surface area contributed by atoms with Gasteiger partial charge >= 0.3 is 12.1 Å². The van der Waals surface area contributed by atoms with E-state index >= 15 is 0 Å². The van der Waals surface area contributed by atoms with Crippen LogP contribution in [0, 0.1) is 6.92 Å². The van der Waals surface area contributed by atoms with Gasteiger partial charge in [-0.25, -0.2) is 14.8 Å². The molecule has 0 saturated heterocycles. The van der Waals surface area contributed by atoms with E-state index in [4.69, 9.17) is 0 Å². The molecule has 10 heteroatoms. The van der Waals surface area contributed by atoms with Crippen molar-refractivity contribution in [3.63, 3.8) is 0 Å². The van der Waals surface area contributed by atoms with E-state index in [0.29, 0.717) is 11.8 Å². The third kappa shape index (κ3) is 4.43. The predicted molar refractivity (Wildman–Crippen MR) is 80.6 cm³/mol. The van der Waals surface area contributed by atoms with Gasteiger partial charge in [0.1, 0.15) is 5.56 Å². The minimum absolute atomic E-state index is 0.292. The second-order valence-electron chi connectivity index (χ2n) is 4.89. The molecule has 0 radical (unpaired) electrons. The highest BCUT2D eigenvalue weighted by Gasteiger charge is 2.38. The number of nitrogens with zero attached hydrogens (tertiary/aromatic N) is 2. The van der Waals surface area contributed by atoms with E-state index < -0.39 is 35.3 Å². The summed E-state index contributed by atoms with van der Waals surface area (Å²) < 4.78 is 43.3. The monoisotopic (exact) mass is 354 g/mol. The molecule has 132 valence electrons. The quantitative estimate of drug-likeness (QED) is 0.647. The molecule has 0 aliphatic carbocycles. The molecule has 7 nitrogen and oxygen atoms in total. The number of esters is 1. The first-order valence-electron chi connectivity index (χ1n) is 6.88. The lowest BCUT2D eigenvalue weighted by Crippen LogP contribution is -2.31. The number of halogens is 3. The van der Waals surface area contributed by atoms with Crippen molar-refractivity contribution in [2.75, 3.05) is 12.5 Å². The zero-order valence-corrected chi connectivity index (χ0v) is 13.1. The van der Waals surface area contributed by atoms with Gasteiger partial charge < -0.3 is 4.74 Å². The molecule has 2 N–H and O–H groups in total. The van der Waals surface area contributed by atoms with Crippen molar-refractivity contribution in [1.29, 1.82) is 0 Å². The van der Waals surface area contributed by atoms with E-state index in [1.54, 1.807) is 24.3 Å². The fourth-order valence-electron chi connectivity index (χ4n) is 1.81. The number of nitrogens with one attached hydrogen (secondary N) is 2. The molecule has 0 aliphatic heterocycles. The molecule has 1 heterocycles. The van der Waals surface area contributed by atoms with E-state index in [1.807, 2.05) is 6.92 Å². The Morgan fingerprint density at radius 2 is 1.80 bits per heavy atom. The Morgan fingerprint density at radius 1 is 1.16 bits per heavy atom. The molecule has 0 bridgehead atoms. The molecule has 0 fully saturated rings. The number of hydrogen-bond acceptors (Lipinski definition) is 6. The smallest absolute Gasteiger partial charge is 0.434 e. The number of aryl methyl sites for hydroxylation is 1. The van der Waals surface area contributed by atoms with Crippen LogP contribution in [0.4, 0.5) is 19.1 Å². The van der Waals surface area contributed by atoms with Crippen LogP contribution in [-0.2, 0) is 10.9 Å². The van der Waals surface area contributed by atoms with Crippen LogP contribution in [0.25, 0.3) is 0 Å². The van der Waals surface area contributed by atoms with Crippen molar-refractivity contribution in [2.45, 2.75) is 13.1 Å². The number of rotatable bonds is 4. The summed E-state index contributed by atoms with van der Waals surface area (Å²) in [5.74, 6) is -2.34. The van der Waals surface area contributed by atoms with Crippen LogP contribution < -0.4 is 10.9 Å². The molecule has 0 aliphatic rings. The molecule has 1 amide bonds. The number of hydrazine groups is 1. The third-order valence-electron chi connectivity index (χ3n) is 3.06. The number of benzene rings is 1. The van der Waals surface area contributed by atoms with E-state index in [2.05, 4.69) is 25.6 Å². The van der Waals surface area contributed by atoms with E-state index in [9.17, 15) is 22.8 Å². The summed E-state index contributed by atoms with van der Waals surface area (Å²) in [6, 6.07) is 6.51. The maximum Gasteiger partial charge on any atom is 0.434 e. The number of carbonyl (C=O) groups is 2. The molecule has 0 atom stereocenters. The Bertz CT molecular complexity index is 792. The molecule has 1 aromatic carbocycles. The zero-order chi connectivity index (χ0) is 18.6. The normalized spacial score (nSPS) is 10.9. The summed E-state index contributed by atoms with van der Waals surface area (Å²) in [5.41, 5.74) is 3.30. The van der Waals surface area contributed by atoms with Crippen molar-refractivity contribution in [1.82, 2.24) is 15.4 Å². The van der Waals surface area contributed by atoms with Gasteiger partial charge in [0.2, 0.25) is 5.95 Å². The van der Waals surface area contributed by atoms with Crippen molar-refractivity contribution < 1.29 is 27.5 Å². The maximum atomic E-state index is 13.0. The Hall–Kier alpha value is -3.17. The summed E-state index contributed by atoms with van der Waals surface area (Å²) in [6.45, 7) is 1.84. The zero-order valence-electron chi connectivity index (χ0n) is 13.1. The number of ether oxygens (including phenoxy) is 1. The lowest BCUT2D eigenvalue weighted by Gasteiger charge is -2.12. The molecular formula is C15H13F3N4O3. The average molecular weight is 354 g/mol. The van der Waals surface area contributed by atoms with Gasteiger partial charge in [-0.1, -0.05) is 17.7 Å². The van der Waals surface area contributed by atoms with Crippen molar-refractivity contribution >= 4 is 17.8 Å². The van der Waals surface area contributed by atoms with Gasteiger partial charge in [-0.2, -0.15) is 13.2 Å². The van der Waals surface area contributed by atoms with Crippen LogP contribution in [0.2, 0.25) is 0 Å². The summed E-state index contributed by atoms with van der Waals surface area (Å²) in [5, 5.41) is 0. The third-order valence-corrected chi connectivity index (χ3v) is 3.06. The average Bonchev–Trinajstić information content (AvgIpc) is 2.58. The Morgan fingerprint density at radius 3 is 2.36 bits per heavy atom. The fraction of sp³-hybridized carbons (Fsp3) is 0.200. The fourth-order valence-corrected chi connectivity index (χ4v) is 1.81. The first-order valence-corrected chi connectivity index (χ1v) is 6.88.